The fraction of sp³-hybridized carbons (Fsp3) is 0.300. The molecule has 27 heavy (non-hydrogen) atoms. The lowest BCUT2D eigenvalue weighted by Crippen LogP contribution is -2.25. The number of carbonyl (C=O) groups excluding carboxylic acids is 2. The molecule has 0 aromatic heterocycles. The maximum Gasteiger partial charge on any atom is 0.262 e. The number of hydrogen-bond acceptors (Lipinski definition) is 5. The Hall–Kier alpha value is -3.06. The normalized spacial score (nSPS) is 10.1. The summed E-state index contributed by atoms with van der Waals surface area (Å²) in [7, 11) is 3.15. The highest BCUT2D eigenvalue weighted by atomic mass is 16.5. The van der Waals surface area contributed by atoms with Crippen molar-refractivity contribution in [2.24, 2.45) is 0 Å². The van der Waals surface area contributed by atoms with Crippen molar-refractivity contribution in [3.8, 4) is 11.5 Å². The number of benzene rings is 2. The second-order valence-corrected chi connectivity index (χ2v) is 5.67. The molecule has 0 aliphatic rings. The maximum atomic E-state index is 12.1. The predicted molar refractivity (Wildman–Crippen MR) is 102 cm³/mol. The highest BCUT2D eigenvalue weighted by Crippen LogP contribution is 2.25. The van der Waals surface area contributed by atoms with Gasteiger partial charge >= 0.3 is 0 Å². The molecule has 0 aliphatic heterocycles. The summed E-state index contributed by atoms with van der Waals surface area (Å²) in [5.41, 5.74) is 0.990. The van der Waals surface area contributed by atoms with Crippen LogP contribution >= 0.6 is 0 Å². The second kappa shape index (κ2) is 10.8. The molecule has 0 saturated heterocycles. The first-order valence-corrected chi connectivity index (χ1v) is 8.57. The van der Waals surface area contributed by atoms with E-state index in [2.05, 4.69) is 10.6 Å². The number of methoxy groups -OCH3 is 2. The van der Waals surface area contributed by atoms with Gasteiger partial charge in [-0.1, -0.05) is 18.2 Å². The van der Waals surface area contributed by atoms with Gasteiger partial charge in [0, 0.05) is 31.5 Å². The molecule has 0 unspecified atom stereocenters. The minimum absolute atomic E-state index is 0.173. The SMILES string of the molecule is COCCCNC(=O)c1cccc(NC(=O)COc2ccccc2OC)c1. The molecule has 2 N–H and O–H groups in total. The van der Waals surface area contributed by atoms with Crippen LogP contribution in [0.3, 0.4) is 0 Å². The predicted octanol–water partition coefficient (Wildman–Crippen LogP) is 2.48. The van der Waals surface area contributed by atoms with Crippen molar-refractivity contribution in [3.05, 3.63) is 54.1 Å². The van der Waals surface area contributed by atoms with E-state index in [1.807, 2.05) is 6.07 Å². The Morgan fingerprint density at radius 2 is 1.78 bits per heavy atom. The number of para-hydroxylation sites is 2. The summed E-state index contributed by atoms with van der Waals surface area (Å²) in [5, 5.41) is 5.52. The van der Waals surface area contributed by atoms with Gasteiger partial charge in [-0.3, -0.25) is 9.59 Å². The molecule has 0 aliphatic carbocycles. The van der Waals surface area contributed by atoms with Crippen molar-refractivity contribution in [2.45, 2.75) is 6.42 Å². The summed E-state index contributed by atoms with van der Waals surface area (Å²) in [5.74, 6) is 0.503. The fourth-order valence-corrected chi connectivity index (χ4v) is 2.34. The Kier molecular flexibility index (Phi) is 8.12. The van der Waals surface area contributed by atoms with Gasteiger partial charge in [0.15, 0.2) is 18.1 Å². The first-order chi connectivity index (χ1) is 13.1. The number of amides is 2. The van der Waals surface area contributed by atoms with Crippen LogP contribution in [0, 0.1) is 0 Å². The molecule has 0 saturated carbocycles. The van der Waals surface area contributed by atoms with E-state index in [4.69, 9.17) is 14.2 Å². The molecule has 0 bridgehead atoms. The van der Waals surface area contributed by atoms with Crippen LogP contribution in [-0.4, -0.2) is 45.8 Å². The van der Waals surface area contributed by atoms with Gasteiger partial charge in [0.25, 0.3) is 11.8 Å². The van der Waals surface area contributed by atoms with E-state index in [0.717, 1.165) is 6.42 Å². The van der Waals surface area contributed by atoms with Gasteiger partial charge < -0.3 is 24.8 Å². The average molecular weight is 372 g/mol. The molecular weight excluding hydrogens is 348 g/mol. The van der Waals surface area contributed by atoms with Crippen LogP contribution in [0.15, 0.2) is 48.5 Å². The molecule has 144 valence electrons. The summed E-state index contributed by atoms with van der Waals surface area (Å²) in [4.78, 5) is 24.2. The molecule has 0 radical (unpaired) electrons. The number of ether oxygens (including phenoxy) is 3. The van der Waals surface area contributed by atoms with Crippen molar-refractivity contribution >= 4 is 17.5 Å². The maximum absolute atomic E-state index is 12.1. The van der Waals surface area contributed by atoms with Crippen molar-refractivity contribution in [1.82, 2.24) is 5.32 Å². The van der Waals surface area contributed by atoms with E-state index in [0.29, 0.717) is 35.9 Å². The van der Waals surface area contributed by atoms with Crippen molar-refractivity contribution in [3.63, 3.8) is 0 Å². The summed E-state index contributed by atoms with van der Waals surface area (Å²) in [6.45, 7) is 0.937. The Morgan fingerprint density at radius 1 is 1.00 bits per heavy atom. The lowest BCUT2D eigenvalue weighted by molar-refractivity contribution is -0.118. The zero-order valence-electron chi connectivity index (χ0n) is 15.5. The molecule has 2 aromatic rings. The summed E-state index contributed by atoms with van der Waals surface area (Å²) in [6, 6.07) is 13.8. The third-order valence-electron chi connectivity index (χ3n) is 3.65. The van der Waals surface area contributed by atoms with Crippen molar-refractivity contribution < 1.29 is 23.8 Å². The molecule has 0 atom stereocenters. The van der Waals surface area contributed by atoms with Gasteiger partial charge in [-0.05, 0) is 36.8 Å². The molecule has 2 rings (SSSR count). The van der Waals surface area contributed by atoms with Crippen LogP contribution in [0.4, 0.5) is 5.69 Å². The van der Waals surface area contributed by atoms with Crippen molar-refractivity contribution in [1.29, 1.82) is 0 Å². The molecule has 2 aromatic carbocycles. The Balaban J connectivity index is 1.87. The summed E-state index contributed by atoms with van der Waals surface area (Å²) >= 11 is 0. The molecule has 0 fully saturated rings. The Labute approximate surface area is 158 Å². The van der Waals surface area contributed by atoms with Gasteiger partial charge in [-0.15, -0.1) is 0 Å². The monoisotopic (exact) mass is 372 g/mol. The van der Waals surface area contributed by atoms with Crippen molar-refractivity contribution in [2.75, 3.05) is 39.3 Å². The largest absolute Gasteiger partial charge is 0.493 e. The number of rotatable bonds is 10. The molecule has 2 amide bonds. The third-order valence-corrected chi connectivity index (χ3v) is 3.65. The number of anilines is 1. The third kappa shape index (κ3) is 6.63. The molecule has 7 nitrogen and oxygen atoms in total. The van der Waals surface area contributed by atoms with E-state index in [1.54, 1.807) is 49.6 Å². The summed E-state index contributed by atoms with van der Waals surface area (Å²) < 4.78 is 15.6. The quantitative estimate of drug-likeness (QED) is 0.626. The highest BCUT2D eigenvalue weighted by molar-refractivity contribution is 5.97. The Morgan fingerprint density at radius 3 is 2.52 bits per heavy atom. The minimum atomic E-state index is -0.335. The summed E-state index contributed by atoms with van der Waals surface area (Å²) in [6.07, 6.45) is 0.735. The minimum Gasteiger partial charge on any atom is -0.493 e. The van der Waals surface area contributed by atoms with Gasteiger partial charge in [-0.25, -0.2) is 0 Å². The van der Waals surface area contributed by atoms with Crippen LogP contribution in [0.25, 0.3) is 0 Å². The second-order valence-electron chi connectivity index (χ2n) is 5.67. The van der Waals surface area contributed by atoms with E-state index in [9.17, 15) is 9.59 Å². The topological polar surface area (TPSA) is 85.9 Å². The highest BCUT2D eigenvalue weighted by Gasteiger charge is 2.09. The van der Waals surface area contributed by atoms with E-state index in [1.165, 1.54) is 7.11 Å². The van der Waals surface area contributed by atoms with E-state index in [-0.39, 0.29) is 18.4 Å². The zero-order valence-corrected chi connectivity index (χ0v) is 15.5. The average Bonchev–Trinajstić information content (AvgIpc) is 2.70. The van der Waals surface area contributed by atoms with Crippen LogP contribution in [-0.2, 0) is 9.53 Å². The van der Waals surface area contributed by atoms with Crippen LogP contribution in [0.2, 0.25) is 0 Å². The number of hydrogen-bond donors (Lipinski definition) is 2. The van der Waals surface area contributed by atoms with Crippen LogP contribution in [0.1, 0.15) is 16.8 Å². The number of carbonyl (C=O) groups is 2. The standard InChI is InChI=1S/C20H24N2O5/c1-25-12-6-11-21-20(24)15-7-5-8-16(13-15)22-19(23)14-27-18-10-4-3-9-17(18)26-2/h3-5,7-10,13H,6,11-12,14H2,1-2H3,(H,21,24)(H,22,23). The lowest BCUT2D eigenvalue weighted by Gasteiger charge is -2.11. The fourth-order valence-electron chi connectivity index (χ4n) is 2.34. The van der Waals surface area contributed by atoms with E-state index >= 15 is 0 Å². The Bertz CT molecular complexity index is 764. The van der Waals surface area contributed by atoms with Gasteiger partial charge in [-0.2, -0.15) is 0 Å². The van der Waals surface area contributed by atoms with Gasteiger partial charge in [0.2, 0.25) is 0 Å². The molecule has 7 heteroatoms. The van der Waals surface area contributed by atoms with E-state index < -0.39 is 0 Å². The molecule has 0 heterocycles. The number of nitrogens with one attached hydrogen (secondary N) is 2. The van der Waals surface area contributed by atoms with Gasteiger partial charge in [0.05, 0.1) is 7.11 Å². The zero-order chi connectivity index (χ0) is 19.5. The first-order valence-electron chi connectivity index (χ1n) is 8.57. The first kappa shape index (κ1) is 20.3. The lowest BCUT2D eigenvalue weighted by atomic mass is 10.2. The van der Waals surface area contributed by atoms with Crippen LogP contribution < -0.4 is 20.1 Å². The smallest absolute Gasteiger partial charge is 0.262 e. The molecular formula is C20H24N2O5. The van der Waals surface area contributed by atoms with Gasteiger partial charge in [0.1, 0.15) is 0 Å². The molecule has 0 spiro atoms. The van der Waals surface area contributed by atoms with Crippen LogP contribution in [0.5, 0.6) is 11.5 Å².